The lowest BCUT2D eigenvalue weighted by Gasteiger charge is -2.29. The fourth-order valence-electron chi connectivity index (χ4n) is 1.72. The van der Waals surface area contributed by atoms with Crippen LogP contribution in [0.25, 0.3) is 0 Å². The number of aryl methyl sites for hydroxylation is 1. The molecular formula is C11H18N2OS. The Kier molecular flexibility index (Phi) is 3.75. The number of hydrazine groups is 1. The van der Waals surface area contributed by atoms with E-state index in [1.807, 2.05) is 11.3 Å². The maximum absolute atomic E-state index is 5.31. The first-order valence-electron chi connectivity index (χ1n) is 5.41. The molecule has 1 N–H and O–H groups in total. The summed E-state index contributed by atoms with van der Waals surface area (Å²) < 4.78 is 5.31. The molecule has 0 bridgehead atoms. The van der Waals surface area contributed by atoms with E-state index in [-0.39, 0.29) is 0 Å². The van der Waals surface area contributed by atoms with Gasteiger partial charge in [0.2, 0.25) is 0 Å². The molecule has 0 aromatic carbocycles. The minimum atomic E-state index is 0.404. The highest BCUT2D eigenvalue weighted by Gasteiger charge is 2.14. The van der Waals surface area contributed by atoms with Crippen molar-refractivity contribution in [3.63, 3.8) is 0 Å². The molecule has 2 rings (SSSR count). The molecule has 1 saturated heterocycles. The van der Waals surface area contributed by atoms with Crippen LogP contribution in [0.3, 0.4) is 0 Å². The smallest absolute Gasteiger partial charge is 0.0608 e. The topological polar surface area (TPSA) is 24.5 Å². The van der Waals surface area contributed by atoms with Gasteiger partial charge in [0, 0.05) is 22.8 Å². The first kappa shape index (κ1) is 11.1. The van der Waals surface area contributed by atoms with Crippen LogP contribution in [0.15, 0.2) is 12.1 Å². The zero-order chi connectivity index (χ0) is 10.7. The number of nitrogens with one attached hydrogen (secondary N) is 1. The molecule has 84 valence electrons. The van der Waals surface area contributed by atoms with Crippen molar-refractivity contribution in [2.45, 2.75) is 19.9 Å². The summed E-state index contributed by atoms with van der Waals surface area (Å²) in [5.74, 6) is 0. The highest BCUT2D eigenvalue weighted by molar-refractivity contribution is 7.12. The van der Waals surface area contributed by atoms with Crippen LogP contribution in [0.1, 0.15) is 22.7 Å². The van der Waals surface area contributed by atoms with Gasteiger partial charge in [0.15, 0.2) is 0 Å². The molecule has 1 unspecified atom stereocenters. The molecule has 1 fully saturated rings. The van der Waals surface area contributed by atoms with Crippen molar-refractivity contribution in [2.24, 2.45) is 0 Å². The quantitative estimate of drug-likeness (QED) is 0.852. The summed E-state index contributed by atoms with van der Waals surface area (Å²) in [7, 11) is 0. The van der Waals surface area contributed by atoms with Crippen molar-refractivity contribution in [3.8, 4) is 0 Å². The Hall–Kier alpha value is -0.420. The van der Waals surface area contributed by atoms with Gasteiger partial charge in [0.1, 0.15) is 0 Å². The van der Waals surface area contributed by atoms with E-state index < -0.39 is 0 Å². The number of nitrogens with zero attached hydrogens (tertiary/aromatic N) is 1. The SMILES string of the molecule is Cc1ccc(C(C)NN2CCOCC2)s1. The third-order valence-electron chi connectivity index (χ3n) is 2.58. The predicted octanol–water partition coefficient (Wildman–Crippen LogP) is 1.95. The highest BCUT2D eigenvalue weighted by Crippen LogP contribution is 2.22. The van der Waals surface area contributed by atoms with E-state index in [1.54, 1.807) is 0 Å². The monoisotopic (exact) mass is 226 g/mol. The molecule has 4 heteroatoms. The van der Waals surface area contributed by atoms with Crippen LogP contribution in [0.4, 0.5) is 0 Å². The van der Waals surface area contributed by atoms with E-state index in [1.165, 1.54) is 9.75 Å². The minimum absolute atomic E-state index is 0.404. The number of hydrogen-bond acceptors (Lipinski definition) is 4. The zero-order valence-corrected chi connectivity index (χ0v) is 10.1. The summed E-state index contributed by atoms with van der Waals surface area (Å²) in [6.07, 6.45) is 0. The van der Waals surface area contributed by atoms with E-state index in [2.05, 4.69) is 36.4 Å². The predicted molar refractivity (Wildman–Crippen MR) is 63.0 cm³/mol. The molecule has 2 heterocycles. The van der Waals surface area contributed by atoms with Crippen molar-refractivity contribution in [1.82, 2.24) is 10.4 Å². The van der Waals surface area contributed by atoms with Gasteiger partial charge in [-0.3, -0.25) is 0 Å². The van der Waals surface area contributed by atoms with E-state index in [9.17, 15) is 0 Å². The van der Waals surface area contributed by atoms with E-state index in [0.717, 1.165) is 26.3 Å². The van der Waals surface area contributed by atoms with Gasteiger partial charge in [-0.2, -0.15) is 0 Å². The molecule has 0 spiro atoms. The third kappa shape index (κ3) is 3.01. The van der Waals surface area contributed by atoms with Crippen molar-refractivity contribution in [1.29, 1.82) is 0 Å². The molecular weight excluding hydrogens is 208 g/mol. The number of thiophene rings is 1. The summed E-state index contributed by atoms with van der Waals surface area (Å²) in [6, 6.07) is 4.79. The standard InChI is InChI=1S/C11H18N2OS/c1-9-3-4-11(15-9)10(2)12-13-5-7-14-8-6-13/h3-4,10,12H,5-8H2,1-2H3. The Labute approximate surface area is 95.0 Å². The van der Waals surface area contributed by atoms with Gasteiger partial charge in [0.05, 0.1) is 19.3 Å². The Morgan fingerprint density at radius 2 is 2.13 bits per heavy atom. The maximum Gasteiger partial charge on any atom is 0.0608 e. The molecule has 1 aliphatic heterocycles. The molecule has 1 aromatic heterocycles. The fourth-order valence-corrected chi connectivity index (χ4v) is 2.59. The van der Waals surface area contributed by atoms with Gasteiger partial charge in [-0.25, -0.2) is 10.4 Å². The number of morpholine rings is 1. The van der Waals surface area contributed by atoms with Crippen LogP contribution in [-0.2, 0) is 4.74 Å². The van der Waals surface area contributed by atoms with E-state index in [4.69, 9.17) is 4.74 Å². The van der Waals surface area contributed by atoms with Gasteiger partial charge in [0.25, 0.3) is 0 Å². The lowest BCUT2D eigenvalue weighted by atomic mass is 10.3. The van der Waals surface area contributed by atoms with E-state index >= 15 is 0 Å². The highest BCUT2D eigenvalue weighted by atomic mass is 32.1. The molecule has 0 saturated carbocycles. The van der Waals surface area contributed by atoms with Gasteiger partial charge in [-0.1, -0.05) is 0 Å². The second-order valence-electron chi connectivity index (χ2n) is 3.90. The Bertz CT molecular complexity index is 307. The van der Waals surface area contributed by atoms with Crippen LogP contribution >= 0.6 is 11.3 Å². The lowest BCUT2D eigenvalue weighted by Crippen LogP contribution is -2.46. The fraction of sp³-hybridized carbons (Fsp3) is 0.636. The van der Waals surface area contributed by atoms with Gasteiger partial charge in [-0.15, -0.1) is 11.3 Å². The lowest BCUT2D eigenvalue weighted by molar-refractivity contribution is 0.00511. The third-order valence-corrected chi connectivity index (χ3v) is 3.76. The summed E-state index contributed by atoms with van der Waals surface area (Å²) in [4.78, 5) is 2.78. The van der Waals surface area contributed by atoms with E-state index in [0.29, 0.717) is 6.04 Å². The average molecular weight is 226 g/mol. The summed E-state index contributed by atoms with van der Waals surface area (Å²) in [6.45, 7) is 7.99. The molecule has 3 nitrogen and oxygen atoms in total. The number of hydrogen-bond donors (Lipinski definition) is 1. The second kappa shape index (κ2) is 5.07. The minimum Gasteiger partial charge on any atom is -0.379 e. The number of rotatable bonds is 3. The molecule has 1 aliphatic rings. The second-order valence-corrected chi connectivity index (χ2v) is 5.22. The van der Waals surface area contributed by atoms with Crippen molar-refractivity contribution in [2.75, 3.05) is 26.3 Å². The first-order chi connectivity index (χ1) is 7.25. The molecule has 0 radical (unpaired) electrons. The summed E-state index contributed by atoms with van der Waals surface area (Å²) in [5, 5.41) is 2.25. The van der Waals surface area contributed by atoms with Crippen molar-refractivity contribution in [3.05, 3.63) is 21.9 Å². The Balaban J connectivity index is 1.88. The Morgan fingerprint density at radius 1 is 1.40 bits per heavy atom. The summed E-state index contributed by atoms with van der Waals surface area (Å²) in [5.41, 5.74) is 3.51. The van der Waals surface area contributed by atoms with Gasteiger partial charge in [-0.05, 0) is 26.0 Å². The summed E-state index contributed by atoms with van der Waals surface area (Å²) >= 11 is 1.86. The van der Waals surface area contributed by atoms with Crippen molar-refractivity contribution < 1.29 is 4.74 Å². The molecule has 15 heavy (non-hydrogen) atoms. The zero-order valence-electron chi connectivity index (χ0n) is 9.32. The average Bonchev–Trinajstić information content (AvgIpc) is 2.66. The van der Waals surface area contributed by atoms with Crippen LogP contribution in [0, 0.1) is 6.92 Å². The molecule has 0 aliphatic carbocycles. The first-order valence-corrected chi connectivity index (χ1v) is 6.22. The van der Waals surface area contributed by atoms with Gasteiger partial charge < -0.3 is 4.74 Å². The number of ether oxygens (including phenoxy) is 1. The Morgan fingerprint density at radius 3 is 2.73 bits per heavy atom. The van der Waals surface area contributed by atoms with Crippen LogP contribution in [-0.4, -0.2) is 31.3 Å². The molecule has 1 atom stereocenters. The van der Waals surface area contributed by atoms with Crippen molar-refractivity contribution >= 4 is 11.3 Å². The molecule has 0 amide bonds. The van der Waals surface area contributed by atoms with Gasteiger partial charge >= 0.3 is 0 Å². The van der Waals surface area contributed by atoms with Crippen LogP contribution in [0.5, 0.6) is 0 Å². The maximum atomic E-state index is 5.31. The largest absolute Gasteiger partial charge is 0.379 e. The van der Waals surface area contributed by atoms with Crippen LogP contribution < -0.4 is 5.43 Å². The molecule has 1 aromatic rings. The van der Waals surface area contributed by atoms with Crippen LogP contribution in [0.2, 0.25) is 0 Å². The normalized spacial score (nSPS) is 20.4.